The van der Waals surface area contributed by atoms with Gasteiger partial charge in [0.05, 0.1) is 43.2 Å². The van der Waals surface area contributed by atoms with Crippen LogP contribution in [0.1, 0.15) is 102 Å². The Morgan fingerprint density at radius 2 is 0.872 bits per heavy atom. The topological polar surface area (TPSA) is 105 Å². The standard InChI is InChI=1S/C36H66O9.2Ac/c1-13-26-19(6)17(4)22(9)35(41-26)44-32-21(8)24(11)34(42-27(32)14-2)39-16-29-20(7)18(5)23(10)36(43-29)45-33-28(15-3)40-25(12)30(37)31(33)38;;/h17-38H,13-16H2,1-12H3;;. The second-order valence-corrected chi connectivity index (χ2v) is 15.1. The van der Waals surface area contributed by atoms with Gasteiger partial charge in [-0.25, -0.2) is 0 Å². The first-order chi connectivity index (χ1) is 21.2. The van der Waals surface area contributed by atoms with Gasteiger partial charge in [0.2, 0.25) is 0 Å². The Labute approximate surface area is 357 Å². The van der Waals surface area contributed by atoms with Gasteiger partial charge in [-0.1, -0.05) is 76.2 Å². The summed E-state index contributed by atoms with van der Waals surface area (Å²) in [6, 6.07) is 0. The average Bonchev–Trinajstić information content (AvgIpc) is 3.03. The van der Waals surface area contributed by atoms with Crippen molar-refractivity contribution in [2.45, 2.75) is 176 Å². The van der Waals surface area contributed by atoms with Gasteiger partial charge in [0.15, 0.2) is 18.9 Å². The van der Waals surface area contributed by atoms with Crippen LogP contribution in [0.4, 0.5) is 0 Å². The quantitative estimate of drug-likeness (QED) is 0.282. The summed E-state index contributed by atoms with van der Waals surface area (Å²) < 4.78 is 45.5. The van der Waals surface area contributed by atoms with Crippen molar-refractivity contribution in [1.82, 2.24) is 0 Å². The first-order valence-electron chi connectivity index (χ1n) is 18.2. The molecule has 0 saturated carbocycles. The molecule has 0 spiro atoms. The van der Waals surface area contributed by atoms with Crippen LogP contribution in [0, 0.1) is 135 Å². The summed E-state index contributed by atoms with van der Waals surface area (Å²) in [5, 5.41) is 21.4. The summed E-state index contributed by atoms with van der Waals surface area (Å²) >= 11 is 0. The minimum absolute atomic E-state index is 0. The number of hydrogen-bond donors (Lipinski definition) is 2. The van der Waals surface area contributed by atoms with E-state index in [0.29, 0.717) is 36.7 Å². The molecule has 20 unspecified atom stereocenters. The SMILES string of the molecule is CCC1OC(OC2C(CC)OC(OCC3OC(OC4C(CC)OC(C)C(O)C4O)C(C)C(C)C3C)C(C)C2C)C(C)C(C)C1C.[Ac].[Ac]. The molecule has 4 aliphatic rings. The Morgan fingerprint density at radius 1 is 0.447 bits per heavy atom. The van der Waals surface area contributed by atoms with E-state index in [1.807, 2.05) is 6.92 Å². The van der Waals surface area contributed by atoms with Crippen LogP contribution in [-0.4, -0.2) is 90.6 Å². The summed E-state index contributed by atoms with van der Waals surface area (Å²) in [4.78, 5) is 0. The van der Waals surface area contributed by atoms with E-state index in [4.69, 9.17) is 33.2 Å². The van der Waals surface area contributed by atoms with Gasteiger partial charge >= 0.3 is 0 Å². The van der Waals surface area contributed by atoms with E-state index in [1.54, 1.807) is 6.92 Å². The third-order valence-corrected chi connectivity index (χ3v) is 12.6. The molecule has 0 aromatic carbocycles. The molecule has 4 heterocycles. The smallest absolute Gasteiger partial charge is 0.161 e. The number of ether oxygens (including phenoxy) is 7. The predicted octanol–water partition coefficient (Wildman–Crippen LogP) is 5.78. The third-order valence-electron chi connectivity index (χ3n) is 12.6. The number of hydrogen-bond acceptors (Lipinski definition) is 9. The summed E-state index contributed by atoms with van der Waals surface area (Å²) in [5.41, 5.74) is 0. The van der Waals surface area contributed by atoms with Crippen LogP contribution < -0.4 is 0 Å². The minimum Gasteiger partial charge on any atom is -0.388 e. The van der Waals surface area contributed by atoms with Crippen LogP contribution in [0.3, 0.4) is 0 Å². The molecular weight excluding hydrogens is 1030 g/mol. The van der Waals surface area contributed by atoms with Gasteiger partial charge in [0, 0.05) is 106 Å². The maximum absolute atomic E-state index is 10.9. The monoisotopic (exact) mass is 1100 g/mol. The van der Waals surface area contributed by atoms with E-state index in [9.17, 15) is 10.2 Å². The van der Waals surface area contributed by atoms with Crippen molar-refractivity contribution in [2.24, 2.45) is 47.3 Å². The molecule has 270 valence electrons. The van der Waals surface area contributed by atoms with Gasteiger partial charge in [0.1, 0.15) is 18.3 Å². The largest absolute Gasteiger partial charge is 0.388 e. The van der Waals surface area contributed by atoms with Crippen molar-refractivity contribution in [3.63, 3.8) is 0 Å². The molecule has 9 nitrogen and oxygen atoms in total. The molecule has 4 fully saturated rings. The first kappa shape index (κ1) is 45.7. The van der Waals surface area contributed by atoms with E-state index in [0.717, 1.165) is 12.8 Å². The van der Waals surface area contributed by atoms with Crippen LogP contribution in [0.25, 0.3) is 0 Å². The number of rotatable bonds is 10. The van der Waals surface area contributed by atoms with Crippen molar-refractivity contribution < 1.29 is 131 Å². The van der Waals surface area contributed by atoms with E-state index < -0.39 is 30.7 Å². The normalized spacial score (nSPS) is 50.7. The summed E-state index contributed by atoms with van der Waals surface area (Å²) in [6.45, 7) is 26.3. The molecule has 0 aromatic rings. The van der Waals surface area contributed by atoms with Crippen LogP contribution >= 0.6 is 0 Å². The molecule has 11 heteroatoms. The minimum atomic E-state index is -1.04. The van der Waals surface area contributed by atoms with Crippen molar-refractivity contribution in [3.8, 4) is 0 Å². The maximum atomic E-state index is 10.9. The molecule has 47 heavy (non-hydrogen) atoms. The van der Waals surface area contributed by atoms with Crippen molar-refractivity contribution >= 4 is 0 Å². The molecule has 0 aromatic heterocycles. The van der Waals surface area contributed by atoms with Crippen molar-refractivity contribution in [1.29, 1.82) is 0 Å². The molecule has 2 N–H and O–H groups in total. The van der Waals surface area contributed by atoms with E-state index in [1.165, 1.54) is 0 Å². The summed E-state index contributed by atoms with van der Waals surface area (Å²) in [7, 11) is 0. The van der Waals surface area contributed by atoms with E-state index in [2.05, 4.69) is 69.2 Å². The number of aliphatic hydroxyl groups is 2. The molecular formula is C36H66Ac2O9. The van der Waals surface area contributed by atoms with Crippen LogP contribution in [0.2, 0.25) is 0 Å². The maximum Gasteiger partial charge on any atom is 0.161 e. The Bertz CT molecular complexity index is 912. The van der Waals surface area contributed by atoms with E-state index >= 15 is 0 Å². The number of aliphatic hydroxyl groups excluding tert-OH is 2. The Morgan fingerprint density at radius 3 is 1.40 bits per heavy atom. The molecule has 4 aliphatic heterocycles. The zero-order chi connectivity index (χ0) is 33.3. The zero-order valence-corrected chi connectivity index (χ0v) is 40.8. The Balaban J connectivity index is 0.00000384. The van der Waals surface area contributed by atoms with Crippen LogP contribution in [-0.2, 0) is 33.2 Å². The molecule has 0 aliphatic carbocycles. The molecule has 0 amide bonds. The fourth-order valence-corrected chi connectivity index (χ4v) is 8.05. The summed E-state index contributed by atoms with van der Waals surface area (Å²) in [5.74, 6) is 2.28. The average molecular weight is 1100 g/mol. The molecule has 0 bridgehead atoms. The zero-order valence-electron chi connectivity index (χ0n) is 31.3. The molecule has 4 saturated heterocycles. The van der Waals surface area contributed by atoms with E-state index in [-0.39, 0.29) is 155 Å². The van der Waals surface area contributed by atoms with Gasteiger partial charge in [-0.2, -0.15) is 0 Å². The van der Waals surface area contributed by atoms with Gasteiger partial charge in [-0.05, 0) is 55.8 Å². The van der Waals surface area contributed by atoms with Gasteiger partial charge in [-0.15, -0.1) is 0 Å². The van der Waals surface area contributed by atoms with Crippen molar-refractivity contribution in [3.05, 3.63) is 0 Å². The third kappa shape index (κ3) is 10.2. The summed E-state index contributed by atoms with van der Waals surface area (Å²) in [6.07, 6.45) is -2.37. The van der Waals surface area contributed by atoms with Crippen LogP contribution in [0.15, 0.2) is 0 Å². The molecule has 2 radical (unpaired) electrons. The van der Waals surface area contributed by atoms with Crippen LogP contribution in [0.5, 0.6) is 0 Å². The first-order valence-corrected chi connectivity index (χ1v) is 18.2. The Kier molecular flexibility index (Phi) is 19.7. The molecule has 20 atom stereocenters. The van der Waals surface area contributed by atoms with Gasteiger partial charge in [-0.3, -0.25) is 0 Å². The Hall–Kier alpha value is 2.52. The predicted molar refractivity (Wildman–Crippen MR) is 172 cm³/mol. The second kappa shape index (κ2) is 20.3. The van der Waals surface area contributed by atoms with Gasteiger partial charge in [0.25, 0.3) is 0 Å². The second-order valence-electron chi connectivity index (χ2n) is 15.1. The van der Waals surface area contributed by atoms with Gasteiger partial charge < -0.3 is 43.4 Å². The fourth-order valence-electron chi connectivity index (χ4n) is 8.05. The van der Waals surface area contributed by atoms with Crippen molar-refractivity contribution in [2.75, 3.05) is 6.61 Å². The molecule has 4 rings (SSSR count). The fraction of sp³-hybridized carbons (Fsp3) is 1.00.